The van der Waals surface area contributed by atoms with Crippen LogP contribution in [0.15, 0.2) is 47.1 Å². The van der Waals surface area contributed by atoms with Crippen LogP contribution in [-0.4, -0.2) is 12.1 Å². The van der Waals surface area contributed by atoms with Crippen molar-refractivity contribution in [2.45, 2.75) is 32.7 Å². The van der Waals surface area contributed by atoms with Crippen molar-refractivity contribution >= 4 is 6.01 Å². The Kier molecular flexibility index (Phi) is 7.39. The van der Waals surface area contributed by atoms with Crippen LogP contribution in [0.5, 0.6) is 0 Å². The highest BCUT2D eigenvalue weighted by Gasteiger charge is 1.93. The Morgan fingerprint density at radius 1 is 1.50 bits per heavy atom. The van der Waals surface area contributed by atoms with Crippen LogP contribution in [0, 0.1) is 0 Å². The Balaban J connectivity index is 4.32. The molecule has 1 unspecified atom stereocenters. The molecular weight excluding hydrogens is 172 g/mol. The van der Waals surface area contributed by atoms with Crippen LogP contribution < -0.4 is 0 Å². The fourth-order valence-electron chi connectivity index (χ4n) is 0.939. The first-order valence-corrected chi connectivity index (χ1v) is 4.85. The van der Waals surface area contributed by atoms with Crippen LogP contribution >= 0.6 is 0 Å². The Morgan fingerprint density at radius 3 is 2.71 bits per heavy atom. The van der Waals surface area contributed by atoms with Gasteiger partial charge in [-0.25, -0.2) is 4.99 Å². The fraction of sp³-hybridized carbons (Fsp3) is 0.417. The average Bonchev–Trinajstić information content (AvgIpc) is 2.17. The number of allylic oxidation sites excluding steroid dienone is 3. The minimum absolute atomic E-state index is 0.290. The first-order chi connectivity index (χ1) is 6.74. The molecule has 0 aromatic carbocycles. The fourth-order valence-corrected chi connectivity index (χ4v) is 0.939. The van der Waals surface area contributed by atoms with Crippen LogP contribution in [-0.2, 0) is 0 Å². The van der Waals surface area contributed by atoms with Gasteiger partial charge in [-0.1, -0.05) is 32.6 Å². The van der Waals surface area contributed by atoms with E-state index in [1.165, 1.54) is 0 Å². The summed E-state index contributed by atoms with van der Waals surface area (Å²) >= 11 is 0. The summed E-state index contributed by atoms with van der Waals surface area (Å²) in [5, 5.41) is 0. The second kappa shape index (κ2) is 8.21. The van der Waals surface area contributed by atoms with E-state index in [4.69, 9.17) is 0 Å². The standard InChI is InChI=1S/C12H18N2/c1-5-8-11(4)13-10-14-12(7-3)9-6-2/h6-7,9,11H,2-3,5,8H2,1,4H3/b12-9+. The molecule has 0 heterocycles. The first kappa shape index (κ1) is 12.6. The van der Waals surface area contributed by atoms with Crippen molar-refractivity contribution in [2.24, 2.45) is 9.98 Å². The molecule has 0 radical (unpaired) electrons. The molecule has 2 nitrogen and oxygen atoms in total. The largest absolute Gasteiger partial charge is 0.222 e. The van der Waals surface area contributed by atoms with Gasteiger partial charge >= 0.3 is 0 Å². The Labute approximate surface area is 86.5 Å². The third-order valence-electron chi connectivity index (χ3n) is 1.66. The third kappa shape index (κ3) is 6.15. The molecule has 0 saturated heterocycles. The van der Waals surface area contributed by atoms with Crippen LogP contribution in [0.25, 0.3) is 0 Å². The monoisotopic (exact) mass is 190 g/mol. The molecule has 0 saturated carbocycles. The second-order valence-corrected chi connectivity index (χ2v) is 3.01. The van der Waals surface area contributed by atoms with Crippen molar-refractivity contribution in [1.82, 2.24) is 0 Å². The summed E-state index contributed by atoms with van der Waals surface area (Å²) in [6, 6.07) is 2.96. The van der Waals surface area contributed by atoms with E-state index in [1.54, 1.807) is 18.2 Å². The van der Waals surface area contributed by atoms with Crippen LogP contribution in [0.4, 0.5) is 0 Å². The van der Waals surface area contributed by atoms with Crippen LogP contribution in [0.2, 0.25) is 0 Å². The number of hydrogen-bond donors (Lipinski definition) is 0. The van der Waals surface area contributed by atoms with Gasteiger partial charge in [0, 0.05) is 0 Å². The van der Waals surface area contributed by atoms with E-state index in [0.717, 1.165) is 18.5 Å². The van der Waals surface area contributed by atoms with Crippen molar-refractivity contribution in [2.75, 3.05) is 0 Å². The normalized spacial score (nSPS) is 12.6. The van der Waals surface area contributed by atoms with E-state index in [0.29, 0.717) is 6.04 Å². The maximum absolute atomic E-state index is 4.14. The molecule has 0 fully saturated rings. The second-order valence-electron chi connectivity index (χ2n) is 3.01. The van der Waals surface area contributed by atoms with Gasteiger partial charge in [0.15, 0.2) is 0 Å². The number of hydrogen-bond acceptors (Lipinski definition) is 2. The minimum atomic E-state index is 0.290. The zero-order chi connectivity index (χ0) is 10.8. The summed E-state index contributed by atoms with van der Waals surface area (Å²) in [5.41, 5.74) is 0.729. The molecule has 0 spiro atoms. The lowest BCUT2D eigenvalue weighted by Crippen LogP contribution is -1.94. The summed E-state index contributed by atoms with van der Waals surface area (Å²) < 4.78 is 0. The van der Waals surface area contributed by atoms with E-state index < -0.39 is 0 Å². The molecule has 0 N–H and O–H groups in total. The molecule has 0 amide bonds. The molecular formula is C12H18N2. The lowest BCUT2D eigenvalue weighted by Gasteiger charge is -1.98. The number of rotatable bonds is 6. The summed E-state index contributed by atoms with van der Waals surface area (Å²) in [6.07, 6.45) is 7.27. The maximum Gasteiger partial charge on any atom is 0.0951 e. The lowest BCUT2D eigenvalue weighted by molar-refractivity contribution is 0.657. The van der Waals surface area contributed by atoms with E-state index >= 15 is 0 Å². The highest BCUT2D eigenvalue weighted by Crippen LogP contribution is 1.99. The minimum Gasteiger partial charge on any atom is -0.222 e. The van der Waals surface area contributed by atoms with Gasteiger partial charge in [-0.05, 0) is 25.5 Å². The van der Waals surface area contributed by atoms with Gasteiger partial charge in [0.2, 0.25) is 0 Å². The Bertz CT molecular complexity index is 268. The quantitative estimate of drug-likeness (QED) is 0.451. The van der Waals surface area contributed by atoms with E-state index in [1.807, 2.05) is 0 Å². The molecule has 1 atom stereocenters. The molecule has 0 aromatic heterocycles. The smallest absolute Gasteiger partial charge is 0.0951 e. The highest BCUT2D eigenvalue weighted by atomic mass is 14.8. The molecule has 0 aliphatic heterocycles. The SMILES string of the molecule is C=C/C=C(\C=C)N=C=NC(C)CCC. The van der Waals surface area contributed by atoms with Crippen molar-refractivity contribution in [3.63, 3.8) is 0 Å². The molecule has 0 aliphatic carbocycles. The molecule has 0 bridgehead atoms. The molecule has 0 aromatic rings. The Morgan fingerprint density at radius 2 is 2.21 bits per heavy atom. The van der Waals surface area contributed by atoms with Crippen molar-refractivity contribution in [1.29, 1.82) is 0 Å². The topological polar surface area (TPSA) is 24.7 Å². The Hall–Kier alpha value is -1.40. The maximum atomic E-state index is 4.14. The van der Waals surface area contributed by atoms with Gasteiger partial charge in [0.25, 0.3) is 0 Å². The molecule has 0 rings (SSSR count). The summed E-state index contributed by atoms with van der Waals surface area (Å²) in [5.74, 6) is 0. The van der Waals surface area contributed by atoms with Gasteiger partial charge in [0.1, 0.15) is 0 Å². The van der Waals surface area contributed by atoms with E-state index in [2.05, 4.69) is 43.0 Å². The molecule has 2 heteroatoms. The lowest BCUT2D eigenvalue weighted by atomic mass is 10.2. The van der Waals surface area contributed by atoms with Crippen molar-refractivity contribution < 1.29 is 0 Å². The summed E-state index contributed by atoms with van der Waals surface area (Å²) in [6.45, 7) is 11.4. The van der Waals surface area contributed by atoms with Gasteiger partial charge in [0.05, 0.1) is 17.7 Å². The molecule has 14 heavy (non-hydrogen) atoms. The summed E-state index contributed by atoms with van der Waals surface area (Å²) in [4.78, 5) is 8.15. The third-order valence-corrected chi connectivity index (χ3v) is 1.66. The number of nitrogens with zero attached hydrogens (tertiary/aromatic N) is 2. The van der Waals surface area contributed by atoms with Gasteiger partial charge in [-0.3, -0.25) is 0 Å². The van der Waals surface area contributed by atoms with Gasteiger partial charge in [-0.2, -0.15) is 4.99 Å². The van der Waals surface area contributed by atoms with E-state index in [9.17, 15) is 0 Å². The average molecular weight is 190 g/mol. The van der Waals surface area contributed by atoms with E-state index in [-0.39, 0.29) is 0 Å². The van der Waals surface area contributed by atoms with Crippen molar-refractivity contribution in [3.8, 4) is 0 Å². The van der Waals surface area contributed by atoms with Crippen molar-refractivity contribution in [3.05, 3.63) is 37.1 Å². The van der Waals surface area contributed by atoms with Crippen LogP contribution in [0.3, 0.4) is 0 Å². The predicted molar refractivity (Wildman–Crippen MR) is 62.7 cm³/mol. The molecule has 0 aliphatic rings. The van der Waals surface area contributed by atoms with Crippen LogP contribution in [0.1, 0.15) is 26.7 Å². The zero-order valence-electron chi connectivity index (χ0n) is 9.03. The first-order valence-electron chi connectivity index (χ1n) is 4.85. The summed E-state index contributed by atoms with van der Waals surface area (Å²) in [7, 11) is 0. The molecule has 76 valence electrons. The highest BCUT2D eigenvalue weighted by molar-refractivity contribution is 5.46. The van der Waals surface area contributed by atoms with Gasteiger partial charge in [-0.15, -0.1) is 0 Å². The van der Waals surface area contributed by atoms with Gasteiger partial charge < -0.3 is 0 Å². The number of aliphatic imine (C=N–C) groups is 2. The zero-order valence-corrected chi connectivity index (χ0v) is 9.03. The predicted octanol–water partition coefficient (Wildman–Crippen LogP) is 3.60.